The van der Waals surface area contributed by atoms with Gasteiger partial charge >= 0.3 is 0 Å². The lowest BCUT2D eigenvalue weighted by Crippen LogP contribution is -2.53. The summed E-state index contributed by atoms with van der Waals surface area (Å²) in [5.41, 5.74) is 0.444. The highest BCUT2D eigenvalue weighted by Crippen LogP contribution is 2.65. The molecule has 0 spiro atoms. The summed E-state index contributed by atoms with van der Waals surface area (Å²) in [6, 6.07) is 0. The fourth-order valence-electron chi connectivity index (χ4n) is 5.33. The number of carbonyl (C=O) groups excluding carboxylic acids is 1. The first-order valence-electron chi connectivity index (χ1n) is 6.52. The van der Waals surface area contributed by atoms with Crippen molar-refractivity contribution in [1.82, 2.24) is 0 Å². The van der Waals surface area contributed by atoms with E-state index in [4.69, 9.17) is 6.42 Å². The lowest BCUT2D eigenvalue weighted by molar-refractivity contribution is -0.151. The Bertz CT molecular complexity index is 359. The van der Waals surface area contributed by atoms with Gasteiger partial charge in [0.2, 0.25) is 0 Å². The molecule has 2 atom stereocenters. The molecule has 0 N–H and O–H groups in total. The fourth-order valence-corrected chi connectivity index (χ4v) is 5.33. The van der Waals surface area contributed by atoms with Gasteiger partial charge < -0.3 is 0 Å². The normalized spacial score (nSPS) is 49.0. The predicted octanol–water partition coefficient (Wildman–Crippen LogP) is 3.19. The average molecular weight is 216 g/mol. The van der Waals surface area contributed by atoms with Gasteiger partial charge in [0.05, 0.1) is 6.42 Å². The van der Waals surface area contributed by atoms with E-state index in [1.807, 2.05) is 0 Å². The van der Waals surface area contributed by atoms with E-state index in [1.165, 1.54) is 19.3 Å². The molecule has 1 nitrogen and oxygen atoms in total. The smallest absolute Gasteiger partial charge is 0.150 e. The first-order valence-corrected chi connectivity index (χ1v) is 6.52. The zero-order chi connectivity index (χ0) is 11.4. The highest BCUT2D eigenvalue weighted by atomic mass is 16.1. The van der Waals surface area contributed by atoms with Gasteiger partial charge in [-0.2, -0.15) is 0 Å². The second-order valence-corrected chi connectivity index (χ2v) is 6.86. The molecule has 0 aromatic heterocycles. The first-order chi connectivity index (χ1) is 7.55. The van der Waals surface area contributed by atoms with Crippen LogP contribution < -0.4 is 0 Å². The molecule has 0 radical (unpaired) electrons. The van der Waals surface area contributed by atoms with Crippen molar-refractivity contribution in [2.24, 2.45) is 22.7 Å². The van der Waals surface area contributed by atoms with Gasteiger partial charge in [0.25, 0.3) is 0 Å². The molecule has 0 aliphatic heterocycles. The summed E-state index contributed by atoms with van der Waals surface area (Å²) in [4.78, 5) is 12.3. The third kappa shape index (κ3) is 1.35. The van der Waals surface area contributed by atoms with Gasteiger partial charge in [-0.15, -0.1) is 6.42 Å². The maximum atomic E-state index is 12.3. The van der Waals surface area contributed by atoms with E-state index in [0.29, 0.717) is 17.6 Å². The highest BCUT2D eigenvalue weighted by Gasteiger charge is 2.58. The minimum atomic E-state index is -0.00873. The summed E-state index contributed by atoms with van der Waals surface area (Å²) < 4.78 is 0. The molecule has 4 rings (SSSR count). The lowest BCUT2D eigenvalue weighted by Gasteiger charge is -2.60. The summed E-state index contributed by atoms with van der Waals surface area (Å²) >= 11 is 0. The highest BCUT2D eigenvalue weighted by molar-refractivity contribution is 5.87. The number of ketones is 1. The largest absolute Gasteiger partial charge is 0.298 e. The summed E-state index contributed by atoms with van der Waals surface area (Å²) in [7, 11) is 0. The summed E-state index contributed by atoms with van der Waals surface area (Å²) in [5, 5.41) is 0. The molecule has 4 aliphatic rings. The van der Waals surface area contributed by atoms with Crippen LogP contribution in [0, 0.1) is 35.0 Å². The number of terminal acetylenes is 1. The molecule has 0 aromatic rings. The molecule has 0 aromatic carbocycles. The second kappa shape index (κ2) is 3.13. The Morgan fingerprint density at radius 3 is 2.44 bits per heavy atom. The number of rotatable bonds is 2. The Kier molecular flexibility index (Phi) is 2.03. The monoisotopic (exact) mass is 216 g/mol. The zero-order valence-corrected chi connectivity index (χ0v) is 10.1. The number of hydrogen-bond donors (Lipinski definition) is 0. The maximum Gasteiger partial charge on any atom is 0.150 e. The summed E-state index contributed by atoms with van der Waals surface area (Å²) in [6.07, 6.45) is 13.1. The van der Waals surface area contributed by atoms with Gasteiger partial charge in [-0.25, -0.2) is 0 Å². The van der Waals surface area contributed by atoms with Crippen LogP contribution in [0.5, 0.6) is 0 Å². The van der Waals surface area contributed by atoms with Crippen molar-refractivity contribution in [3.8, 4) is 12.3 Å². The number of Topliss-reactive ketones (excluding diaryl/α,β-unsaturated/α-hetero) is 1. The predicted molar refractivity (Wildman–Crippen MR) is 63.7 cm³/mol. The Morgan fingerprint density at radius 1 is 1.31 bits per heavy atom. The van der Waals surface area contributed by atoms with Crippen molar-refractivity contribution in [2.45, 2.75) is 51.9 Å². The van der Waals surface area contributed by atoms with E-state index in [-0.39, 0.29) is 5.41 Å². The average Bonchev–Trinajstić information content (AvgIpc) is 2.13. The molecule has 2 unspecified atom stereocenters. The van der Waals surface area contributed by atoms with Crippen molar-refractivity contribution < 1.29 is 4.79 Å². The van der Waals surface area contributed by atoms with Crippen LogP contribution in [0.15, 0.2) is 0 Å². The van der Waals surface area contributed by atoms with E-state index in [2.05, 4.69) is 12.8 Å². The third-order valence-electron chi connectivity index (χ3n) is 5.21. The molecule has 86 valence electrons. The van der Waals surface area contributed by atoms with E-state index in [1.54, 1.807) is 0 Å². The fraction of sp³-hybridized carbons (Fsp3) is 0.800. The van der Waals surface area contributed by atoms with Crippen molar-refractivity contribution >= 4 is 5.78 Å². The molecular formula is C15H20O. The quantitative estimate of drug-likeness (QED) is 0.648. The second-order valence-electron chi connectivity index (χ2n) is 6.86. The molecule has 4 bridgehead atoms. The topological polar surface area (TPSA) is 17.1 Å². The van der Waals surface area contributed by atoms with E-state index in [0.717, 1.165) is 31.1 Å². The zero-order valence-electron chi connectivity index (χ0n) is 10.1. The molecule has 4 aliphatic carbocycles. The van der Waals surface area contributed by atoms with Crippen molar-refractivity contribution in [3.05, 3.63) is 0 Å². The van der Waals surface area contributed by atoms with Crippen LogP contribution in [0.1, 0.15) is 51.9 Å². The van der Waals surface area contributed by atoms with Crippen LogP contribution in [0.4, 0.5) is 0 Å². The third-order valence-corrected chi connectivity index (χ3v) is 5.21. The Morgan fingerprint density at radius 2 is 1.94 bits per heavy atom. The van der Waals surface area contributed by atoms with Gasteiger partial charge in [0.15, 0.2) is 5.78 Å². The maximum absolute atomic E-state index is 12.3. The van der Waals surface area contributed by atoms with Gasteiger partial charge in [-0.3, -0.25) is 4.79 Å². The van der Waals surface area contributed by atoms with Gasteiger partial charge in [-0.1, -0.05) is 12.8 Å². The van der Waals surface area contributed by atoms with E-state index in [9.17, 15) is 4.79 Å². The van der Waals surface area contributed by atoms with Crippen molar-refractivity contribution in [2.75, 3.05) is 0 Å². The van der Waals surface area contributed by atoms with Crippen LogP contribution in [0.25, 0.3) is 0 Å². The van der Waals surface area contributed by atoms with Crippen molar-refractivity contribution in [1.29, 1.82) is 0 Å². The Hall–Kier alpha value is -0.770. The number of carbonyl (C=O) groups is 1. The summed E-state index contributed by atoms with van der Waals surface area (Å²) in [5.74, 6) is 4.55. The van der Waals surface area contributed by atoms with Crippen LogP contribution in [0.2, 0.25) is 0 Å². The first kappa shape index (κ1) is 10.4. The molecule has 0 heterocycles. The molecular weight excluding hydrogens is 196 g/mol. The molecule has 1 heteroatoms. The molecule has 4 fully saturated rings. The van der Waals surface area contributed by atoms with E-state index < -0.39 is 0 Å². The SMILES string of the molecule is C#CCC(=O)C12CC3CC(CC(C)(C3)C1)C2. The standard InChI is InChI=1S/C15H20O/c1-3-4-13(16)15-8-11-5-12(9-15)7-14(2,6-11)10-15/h1,11-12H,4-10H2,2H3. The Balaban J connectivity index is 1.92. The van der Waals surface area contributed by atoms with Crippen molar-refractivity contribution in [3.63, 3.8) is 0 Å². The van der Waals surface area contributed by atoms with Gasteiger partial charge in [0.1, 0.15) is 0 Å². The summed E-state index contributed by atoms with van der Waals surface area (Å²) in [6.45, 7) is 2.39. The van der Waals surface area contributed by atoms with Gasteiger partial charge in [0, 0.05) is 5.41 Å². The minimum absolute atomic E-state index is 0.00873. The van der Waals surface area contributed by atoms with Crippen LogP contribution in [0.3, 0.4) is 0 Å². The van der Waals surface area contributed by atoms with Gasteiger partial charge in [-0.05, 0) is 55.8 Å². The van der Waals surface area contributed by atoms with Crippen LogP contribution in [-0.4, -0.2) is 5.78 Å². The van der Waals surface area contributed by atoms with E-state index >= 15 is 0 Å². The molecule has 0 amide bonds. The minimum Gasteiger partial charge on any atom is -0.298 e. The molecule has 4 saturated carbocycles. The Labute approximate surface area is 98.0 Å². The lowest BCUT2D eigenvalue weighted by atomic mass is 9.43. The molecule has 16 heavy (non-hydrogen) atoms. The molecule has 0 saturated heterocycles. The number of hydrogen-bond acceptors (Lipinski definition) is 1. The van der Waals surface area contributed by atoms with Crippen LogP contribution >= 0.6 is 0 Å². The van der Waals surface area contributed by atoms with Crippen LogP contribution in [-0.2, 0) is 4.79 Å².